The fourth-order valence-electron chi connectivity index (χ4n) is 1.66. The highest BCUT2D eigenvalue weighted by Gasteiger charge is 2.02. The Hall–Kier alpha value is -2.30. The average Bonchev–Trinajstić information content (AvgIpc) is 2.84. The molecule has 1 heterocycles. The van der Waals surface area contributed by atoms with Crippen LogP contribution in [0.1, 0.15) is 22.8 Å². The highest BCUT2D eigenvalue weighted by Crippen LogP contribution is 2.11. The summed E-state index contributed by atoms with van der Waals surface area (Å²) in [4.78, 5) is 11.1. The van der Waals surface area contributed by atoms with Crippen LogP contribution in [0.25, 0.3) is 0 Å². The zero-order valence-corrected chi connectivity index (χ0v) is 10.3. The lowest BCUT2D eigenvalue weighted by molar-refractivity contribution is 0.100. The number of nitrogens with zero attached hydrogens (tertiary/aromatic N) is 2. The minimum atomic E-state index is -0.419. The number of rotatable bonds is 5. The normalized spacial score (nSPS) is 10.3. The van der Waals surface area contributed by atoms with Gasteiger partial charge in [0.2, 0.25) is 5.91 Å². The number of carbonyl (C=O) groups excluding carboxylic acids is 1. The van der Waals surface area contributed by atoms with Gasteiger partial charge in [-0.05, 0) is 25.1 Å². The van der Waals surface area contributed by atoms with E-state index in [9.17, 15) is 4.79 Å². The van der Waals surface area contributed by atoms with Gasteiger partial charge in [-0.1, -0.05) is 6.07 Å². The maximum atomic E-state index is 11.1. The molecule has 1 amide bonds. The van der Waals surface area contributed by atoms with Crippen LogP contribution in [-0.2, 0) is 13.1 Å². The smallest absolute Gasteiger partial charge is 0.248 e. The third kappa shape index (κ3) is 2.88. The summed E-state index contributed by atoms with van der Waals surface area (Å²) < 4.78 is 1.87. The van der Waals surface area contributed by atoms with E-state index in [4.69, 9.17) is 5.73 Å². The molecule has 0 aliphatic carbocycles. The summed E-state index contributed by atoms with van der Waals surface area (Å²) in [6.45, 7) is 3.57. The van der Waals surface area contributed by atoms with E-state index in [1.54, 1.807) is 18.2 Å². The van der Waals surface area contributed by atoms with Crippen molar-refractivity contribution in [3.63, 3.8) is 0 Å². The van der Waals surface area contributed by atoms with Crippen LogP contribution in [0.2, 0.25) is 0 Å². The summed E-state index contributed by atoms with van der Waals surface area (Å²) >= 11 is 0. The molecule has 2 rings (SSSR count). The molecule has 0 atom stereocenters. The van der Waals surface area contributed by atoms with E-state index >= 15 is 0 Å². The Morgan fingerprint density at radius 2 is 2.33 bits per heavy atom. The fourth-order valence-corrected chi connectivity index (χ4v) is 1.66. The number of benzene rings is 1. The first kappa shape index (κ1) is 12.2. The maximum absolute atomic E-state index is 11.1. The van der Waals surface area contributed by atoms with Crippen molar-refractivity contribution in [2.75, 3.05) is 5.32 Å². The summed E-state index contributed by atoms with van der Waals surface area (Å²) in [6.07, 6.45) is 3.82. The summed E-state index contributed by atoms with van der Waals surface area (Å²) in [6, 6.07) is 7.14. The van der Waals surface area contributed by atoms with Gasteiger partial charge >= 0.3 is 0 Å². The van der Waals surface area contributed by atoms with Crippen LogP contribution in [0.3, 0.4) is 0 Å². The topological polar surface area (TPSA) is 72.9 Å². The first-order valence-corrected chi connectivity index (χ1v) is 5.84. The highest BCUT2D eigenvalue weighted by atomic mass is 16.1. The van der Waals surface area contributed by atoms with Crippen molar-refractivity contribution in [2.24, 2.45) is 5.73 Å². The molecule has 2 aromatic rings. The van der Waals surface area contributed by atoms with E-state index in [1.807, 2.05) is 30.1 Å². The lowest BCUT2D eigenvalue weighted by Crippen LogP contribution is -2.11. The molecule has 0 saturated heterocycles. The van der Waals surface area contributed by atoms with Gasteiger partial charge in [0.1, 0.15) is 0 Å². The molecule has 0 aliphatic rings. The standard InChI is InChI=1S/C13H16N4O/c1-2-17-9-10(8-16-17)7-15-12-5-3-4-11(6-12)13(14)18/h3-6,8-9,15H,2,7H2,1H3,(H2,14,18). The minimum Gasteiger partial charge on any atom is -0.381 e. The van der Waals surface area contributed by atoms with Crippen molar-refractivity contribution in [1.29, 1.82) is 0 Å². The Morgan fingerprint density at radius 3 is 3.00 bits per heavy atom. The lowest BCUT2D eigenvalue weighted by atomic mass is 10.2. The van der Waals surface area contributed by atoms with E-state index in [-0.39, 0.29) is 0 Å². The van der Waals surface area contributed by atoms with Gasteiger partial charge in [-0.3, -0.25) is 9.48 Å². The molecule has 5 nitrogen and oxygen atoms in total. The van der Waals surface area contributed by atoms with Crippen molar-refractivity contribution >= 4 is 11.6 Å². The summed E-state index contributed by atoms with van der Waals surface area (Å²) in [5, 5.41) is 7.43. The molecule has 18 heavy (non-hydrogen) atoms. The maximum Gasteiger partial charge on any atom is 0.248 e. The molecule has 0 fully saturated rings. The first-order valence-electron chi connectivity index (χ1n) is 5.84. The van der Waals surface area contributed by atoms with Crippen molar-refractivity contribution in [3.05, 3.63) is 47.8 Å². The molecule has 1 aromatic carbocycles. The van der Waals surface area contributed by atoms with Gasteiger partial charge in [0, 0.05) is 36.1 Å². The third-order valence-electron chi connectivity index (χ3n) is 2.65. The summed E-state index contributed by atoms with van der Waals surface area (Å²) in [7, 11) is 0. The quantitative estimate of drug-likeness (QED) is 0.839. The zero-order valence-electron chi connectivity index (χ0n) is 10.3. The number of primary amides is 1. The predicted octanol–water partition coefficient (Wildman–Crippen LogP) is 1.61. The second-order valence-electron chi connectivity index (χ2n) is 4.00. The number of anilines is 1. The third-order valence-corrected chi connectivity index (χ3v) is 2.65. The van der Waals surface area contributed by atoms with Crippen molar-refractivity contribution in [2.45, 2.75) is 20.0 Å². The minimum absolute atomic E-state index is 0.419. The second-order valence-corrected chi connectivity index (χ2v) is 4.00. The van der Waals surface area contributed by atoms with E-state index in [0.717, 1.165) is 17.8 Å². The Kier molecular flexibility index (Phi) is 3.62. The molecule has 0 bridgehead atoms. The van der Waals surface area contributed by atoms with Crippen LogP contribution in [0, 0.1) is 0 Å². The first-order chi connectivity index (χ1) is 8.69. The Bertz CT molecular complexity index is 547. The average molecular weight is 244 g/mol. The van der Waals surface area contributed by atoms with Gasteiger partial charge in [-0.15, -0.1) is 0 Å². The van der Waals surface area contributed by atoms with Gasteiger partial charge in [0.15, 0.2) is 0 Å². The Morgan fingerprint density at radius 1 is 1.50 bits per heavy atom. The van der Waals surface area contributed by atoms with Crippen LogP contribution in [0.4, 0.5) is 5.69 Å². The number of nitrogens with two attached hydrogens (primary N) is 1. The molecule has 3 N–H and O–H groups in total. The summed E-state index contributed by atoms with van der Waals surface area (Å²) in [5.41, 5.74) is 7.70. The molecule has 0 unspecified atom stereocenters. The van der Waals surface area contributed by atoms with Crippen LogP contribution < -0.4 is 11.1 Å². The van der Waals surface area contributed by atoms with Gasteiger partial charge in [-0.2, -0.15) is 5.10 Å². The lowest BCUT2D eigenvalue weighted by Gasteiger charge is -2.05. The van der Waals surface area contributed by atoms with Crippen LogP contribution in [-0.4, -0.2) is 15.7 Å². The fraction of sp³-hybridized carbons (Fsp3) is 0.231. The number of nitrogens with one attached hydrogen (secondary N) is 1. The van der Waals surface area contributed by atoms with Gasteiger partial charge in [0.25, 0.3) is 0 Å². The molecule has 0 aliphatic heterocycles. The molecule has 0 spiro atoms. The number of amides is 1. The Balaban J connectivity index is 2.01. The van der Waals surface area contributed by atoms with Crippen LogP contribution >= 0.6 is 0 Å². The molecular formula is C13H16N4O. The number of carbonyl (C=O) groups is 1. The van der Waals surface area contributed by atoms with Gasteiger partial charge in [0.05, 0.1) is 6.20 Å². The van der Waals surface area contributed by atoms with Crippen LogP contribution in [0.15, 0.2) is 36.7 Å². The number of hydrogen-bond acceptors (Lipinski definition) is 3. The molecule has 94 valence electrons. The molecular weight excluding hydrogens is 228 g/mol. The largest absolute Gasteiger partial charge is 0.381 e. The predicted molar refractivity (Wildman–Crippen MR) is 70.2 cm³/mol. The van der Waals surface area contributed by atoms with Crippen molar-refractivity contribution in [1.82, 2.24) is 9.78 Å². The number of hydrogen-bond donors (Lipinski definition) is 2. The van der Waals surface area contributed by atoms with E-state index in [1.165, 1.54) is 0 Å². The molecule has 1 aromatic heterocycles. The number of aryl methyl sites for hydroxylation is 1. The van der Waals surface area contributed by atoms with E-state index < -0.39 is 5.91 Å². The molecule has 5 heteroatoms. The van der Waals surface area contributed by atoms with E-state index in [0.29, 0.717) is 12.1 Å². The van der Waals surface area contributed by atoms with Crippen molar-refractivity contribution < 1.29 is 4.79 Å². The SMILES string of the molecule is CCn1cc(CNc2cccc(C(N)=O)c2)cn1. The Labute approximate surface area is 106 Å². The molecule has 0 radical (unpaired) electrons. The highest BCUT2D eigenvalue weighted by molar-refractivity contribution is 5.93. The van der Waals surface area contributed by atoms with Gasteiger partial charge in [-0.25, -0.2) is 0 Å². The molecule has 0 saturated carbocycles. The second kappa shape index (κ2) is 5.35. The summed E-state index contributed by atoms with van der Waals surface area (Å²) in [5.74, 6) is -0.419. The van der Waals surface area contributed by atoms with E-state index in [2.05, 4.69) is 10.4 Å². The zero-order chi connectivity index (χ0) is 13.0. The van der Waals surface area contributed by atoms with Crippen LogP contribution in [0.5, 0.6) is 0 Å². The van der Waals surface area contributed by atoms with Gasteiger partial charge < -0.3 is 11.1 Å². The monoisotopic (exact) mass is 244 g/mol. The number of aromatic nitrogens is 2. The van der Waals surface area contributed by atoms with Crippen molar-refractivity contribution in [3.8, 4) is 0 Å².